The summed E-state index contributed by atoms with van der Waals surface area (Å²) in [5.41, 5.74) is 2.47. The van der Waals surface area contributed by atoms with Crippen LogP contribution in [0.15, 0.2) is 60.3 Å². The van der Waals surface area contributed by atoms with E-state index in [1.54, 1.807) is 25.3 Å². The molecular weight excluding hydrogens is 408 g/mol. The summed E-state index contributed by atoms with van der Waals surface area (Å²) in [6.07, 6.45) is 1.77. The van der Waals surface area contributed by atoms with Gasteiger partial charge in [0, 0.05) is 17.3 Å². The van der Waals surface area contributed by atoms with E-state index in [9.17, 15) is 4.79 Å². The maximum absolute atomic E-state index is 12.4. The van der Waals surface area contributed by atoms with Gasteiger partial charge in [-0.3, -0.25) is 9.36 Å². The maximum Gasteiger partial charge on any atom is 0.234 e. The number of carbonyl (C=O) groups is 1. The van der Waals surface area contributed by atoms with E-state index >= 15 is 0 Å². The number of methoxy groups -OCH3 is 1. The van der Waals surface area contributed by atoms with Crippen LogP contribution in [-0.4, -0.2) is 33.5 Å². The number of ether oxygens (including phenoxy) is 1. The number of aromatic nitrogens is 3. The van der Waals surface area contributed by atoms with Crippen LogP contribution >= 0.6 is 23.4 Å². The molecule has 6 nitrogen and oxygen atoms in total. The molecule has 0 spiro atoms. The zero-order chi connectivity index (χ0) is 20.8. The Morgan fingerprint density at radius 1 is 1.31 bits per heavy atom. The second-order valence-corrected chi connectivity index (χ2v) is 7.58. The van der Waals surface area contributed by atoms with Crippen LogP contribution in [0.4, 0.5) is 5.69 Å². The van der Waals surface area contributed by atoms with Crippen LogP contribution in [0.25, 0.3) is 11.4 Å². The molecule has 0 saturated heterocycles. The molecular formula is C21H21ClN4O2S. The Labute approximate surface area is 178 Å². The van der Waals surface area contributed by atoms with E-state index in [1.807, 2.05) is 41.8 Å². The van der Waals surface area contributed by atoms with Crippen LogP contribution in [0.5, 0.6) is 5.75 Å². The molecule has 1 N–H and O–H groups in total. The quantitative estimate of drug-likeness (QED) is 0.411. The molecule has 150 valence electrons. The number of anilines is 1. The fraction of sp³-hybridized carbons (Fsp3) is 0.190. The van der Waals surface area contributed by atoms with Gasteiger partial charge in [0.1, 0.15) is 5.75 Å². The van der Waals surface area contributed by atoms with Gasteiger partial charge >= 0.3 is 0 Å². The lowest BCUT2D eigenvalue weighted by Gasteiger charge is -2.11. The number of allylic oxidation sites excluding steroid dienone is 1. The number of nitrogens with one attached hydrogen (secondary N) is 1. The van der Waals surface area contributed by atoms with Crippen LogP contribution in [0.3, 0.4) is 0 Å². The standard InChI is InChI=1S/C21H21ClN4O2S/c1-4-11-26-20(16-7-5-6-8-18(16)28-3)24-25-21(26)29-13-19(27)23-17-12-15(22)10-9-14(17)2/h4-10,12H,1,11,13H2,2-3H3,(H,23,27). The van der Waals surface area contributed by atoms with Gasteiger partial charge in [-0.2, -0.15) is 0 Å². The molecule has 0 atom stereocenters. The van der Waals surface area contributed by atoms with Crippen molar-refractivity contribution in [2.75, 3.05) is 18.2 Å². The Bertz CT molecular complexity index is 1040. The van der Waals surface area contributed by atoms with Gasteiger partial charge in [0.05, 0.1) is 18.4 Å². The highest BCUT2D eigenvalue weighted by Crippen LogP contribution is 2.31. The number of aryl methyl sites for hydroxylation is 1. The number of nitrogens with zero attached hydrogens (tertiary/aromatic N) is 3. The summed E-state index contributed by atoms with van der Waals surface area (Å²) in [6.45, 7) is 6.24. The first-order valence-corrected chi connectivity index (χ1v) is 10.3. The average Bonchev–Trinajstić information content (AvgIpc) is 3.12. The lowest BCUT2D eigenvalue weighted by Crippen LogP contribution is -2.15. The molecule has 0 bridgehead atoms. The van der Waals surface area contributed by atoms with Crippen LogP contribution in [0.1, 0.15) is 5.56 Å². The first kappa shape index (κ1) is 21.0. The summed E-state index contributed by atoms with van der Waals surface area (Å²) < 4.78 is 7.35. The van der Waals surface area contributed by atoms with E-state index < -0.39 is 0 Å². The van der Waals surface area contributed by atoms with Gasteiger partial charge in [-0.15, -0.1) is 16.8 Å². The maximum atomic E-state index is 12.4. The van der Waals surface area contributed by atoms with E-state index in [0.717, 1.165) is 11.1 Å². The van der Waals surface area contributed by atoms with E-state index in [4.69, 9.17) is 16.3 Å². The van der Waals surface area contributed by atoms with Gasteiger partial charge in [0.15, 0.2) is 11.0 Å². The van der Waals surface area contributed by atoms with Crippen molar-refractivity contribution in [2.45, 2.75) is 18.6 Å². The third-order valence-corrected chi connectivity index (χ3v) is 5.38. The molecule has 0 fully saturated rings. The third-order valence-electron chi connectivity index (χ3n) is 4.18. The van der Waals surface area contributed by atoms with Gasteiger partial charge in [-0.05, 0) is 36.8 Å². The fourth-order valence-electron chi connectivity index (χ4n) is 2.76. The van der Waals surface area contributed by atoms with Crippen molar-refractivity contribution in [3.63, 3.8) is 0 Å². The molecule has 1 heterocycles. The topological polar surface area (TPSA) is 69.0 Å². The molecule has 0 aliphatic rings. The zero-order valence-corrected chi connectivity index (χ0v) is 17.8. The van der Waals surface area contributed by atoms with Gasteiger partial charge in [0.2, 0.25) is 5.91 Å². The molecule has 0 aliphatic heterocycles. The fourth-order valence-corrected chi connectivity index (χ4v) is 3.68. The number of thioether (sulfide) groups is 1. The number of rotatable bonds is 8. The molecule has 0 radical (unpaired) electrons. The summed E-state index contributed by atoms with van der Waals surface area (Å²) in [6, 6.07) is 13.0. The van der Waals surface area contributed by atoms with Crippen LogP contribution in [0.2, 0.25) is 5.02 Å². The first-order chi connectivity index (χ1) is 14.0. The first-order valence-electron chi connectivity index (χ1n) is 8.89. The number of hydrogen-bond acceptors (Lipinski definition) is 5. The number of carbonyl (C=O) groups excluding carboxylic acids is 1. The zero-order valence-electron chi connectivity index (χ0n) is 16.2. The summed E-state index contributed by atoms with van der Waals surface area (Å²) in [7, 11) is 1.62. The summed E-state index contributed by atoms with van der Waals surface area (Å²) in [5, 5.41) is 12.7. The number of amides is 1. The molecule has 0 saturated carbocycles. The number of benzene rings is 2. The summed E-state index contributed by atoms with van der Waals surface area (Å²) >= 11 is 7.33. The number of halogens is 1. The average molecular weight is 429 g/mol. The normalized spacial score (nSPS) is 10.6. The van der Waals surface area contributed by atoms with Crippen LogP contribution < -0.4 is 10.1 Å². The summed E-state index contributed by atoms with van der Waals surface area (Å²) in [4.78, 5) is 12.4. The monoisotopic (exact) mass is 428 g/mol. The summed E-state index contributed by atoms with van der Waals surface area (Å²) in [5.74, 6) is 1.41. The Morgan fingerprint density at radius 2 is 2.10 bits per heavy atom. The van der Waals surface area contributed by atoms with E-state index in [-0.39, 0.29) is 11.7 Å². The van der Waals surface area contributed by atoms with Gasteiger partial charge in [-0.25, -0.2) is 0 Å². The van der Waals surface area contributed by atoms with Crippen molar-refractivity contribution in [3.8, 4) is 17.1 Å². The van der Waals surface area contributed by atoms with Crippen molar-refractivity contribution in [3.05, 3.63) is 65.7 Å². The Hall–Kier alpha value is -2.77. The Morgan fingerprint density at radius 3 is 2.86 bits per heavy atom. The van der Waals surface area contributed by atoms with Gasteiger partial charge < -0.3 is 10.1 Å². The smallest absolute Gasteiger partial charge is 0.234 e. The van der Waals surface area contributed by atoms with Crippen molar-refractivity contribution in [1.29, 1.82) is 0 Å². The van der Waals surface area contributed by atoms with Crippen molar-refractivity contribution >= 4 is 35.0 Å². The van der Waals surface area contributed by atoms with Crippen LogP contribution in [-0.2, 0) is 11.3 Å². The van der Waals surface area contributed by atoms with E-state index in [0.29, 0.717) is 34.0 Å². The molecule has 29 heavy (non-hydrogen) atoms. The molecule has 1 aromatic heterocycles. The highest BCUT2D eigenvalue weighted by Gasteiger charge is 2.17. The van der Waals surface area contributed by atoms with E-state index in [1.165, 1.54) is 11.8 Å². The van der Waals surface area contributed by atoms with Gasteiger partial charge in [-0.1, -0.05) is 47.6 Å². The molecule has 2 aromatic carbocycles. The Kier molecular flexibility index (Phi) is 6.95. The second-order valence-electron chi connectivity index (χ2n) is 6.20. The molecule has 8 heteroatoms. The van der Waals surface area contributed by atoms with Gasteiger partial charge in [0.25, 0.3) is 0 Å². The molecule has 0 aliphatic carbocycles. The third kappa shape index (κ3) is 4.99. The van der Waals surface area contributed by atoms with E-state index in [2.05, 4.69) is 22.1 Å². The highest BCUT2D eigenvalue weighted by atomic mass is 35.5. The molecule has 1 amide bonds. The number of para-hydroxylation sites is 1. The molecule has 3 aromatic rings. The van der Waals surface area contributed by atoms with Crippen molar-refractivity contribution < 1.29 is 9.53 Å². The second kappa shape index (κ2) is 9.62. The highest BCUT2D eigenvalue weighted by molar-refractivity contribution is 7.99. The van der Waals surface area contributed by atoms with Crippen molar-refractivity contribution in [1.82, 2.24) is 14.8 Å². The minimum absolute atomic E-state index is 0.146. The minimum atomic E-state index is -0.146. The lowest BCUT2D eigenvalue weighted by atomic mass is 10.2. The lowest BCUT2D eigenvalue weighted by molar-refractivity contribution is -0.113. The SMILES string of the molecule is C=CCn1c(SCC(=O)Nc2cc(Cl)ccc2C)nnc1-c1ccccc1OC. The molecule has 3 rings (SSSR count). The largest absolute Gasteiger partial charge is 0.496 e. The molecule has 0 unspecified atom stereocenters. The van der Waals surface area contributed by atoms with Crippen LogP contribution in [0, 0.1) is 6.92 Å². The van der Waals surface area contributed by atoms with Crippen molar-refractivity contribution in [2.24, 2.45) is 0 Å². The predicted octanol–water partition coefficient (Wildman–Crippen LogP) is 4.83. The number of hydrogen-bond donors (Lipinski definition) is 1. The Balaban J connectivity index is 1.77. The predicted molar refractivity (Wildman–Crippen MR) is 118 cm³/mol. The minimum Gasteiger partial charge on any atom is -0.496 e.